The van der Waals surface area contributed by atoms with E-state index < -0.39 is 5.97 Å². The monoisotopic (exact) mass is 298 g/mol. The number of piperazine rings is 1. The van der Waals surface area contributed by atoms with Crippen LogP contribution in [0.3, 0.4) is 0 Å². The molecule has 1 aromatic heterocycles. The number of aliphatic carboxylic acids is 1. The predicted octanol–water partition coefficient (Wildman–Crippen LogP) is 0.363. The van der Waals surface area contributed by atoms with E-state index in [1.807, 2.05) is 17.2 Å². The molecule has 20 heavy (non-hydrogen) atoms. The summed E-state index contributed by atoms with van der Waals surface area (Å²) in [6.07, 6.45) is 0. The fourth-order valence-corrected chi connectivity index (χ4v) is 2.68. The Balaban J connectivity index is 1.73. The number of nitrogens with zero attached hydrogens (tertiary/aromatic N) is 3. The maximum absolute atomic E-state index is 12.0. The first-order valence-electron chi connectivity index (χ1n) is 6.42. The summed E-state index contributed by atoms with van der Waals surface area (Å²) in [5.41, 5.74) is 0.866. The summed E-state index contributed by atoms with van der Waals surface area (Å²) in [4.78, 5) is 30.4. The molecule has 0 spiro atoms. The Hall–Kier alpha value is -1.67. The van der Waals surface area contributed by atoms with Crippen LogP contribution in [0.15, 0.2) is 5.38 Å². The molecule has 7 nitrogen and oxygen atoms in total. The second-order valence-corrected chi connectivity index (χ2v) is 5.74. The Kier molecular flexibility index (Phi) is 4.91. The normalized spacial score (nSPS) is 16.1. The van der Waals surface area contributed by atoms with Gasteiger partial charge in [-0.2, -0.15) is 0 Å². The number of urea groups is 1. The van der Waals surface area contributed by atoms with E-state index in [2.05, 4.69) is 10.3 Å². The van der Waals surface area contributed by atoms with Crippen LogP contribution in [0, 0.1) is 6.92 Å². The molecule has 2 amide bonds. The highest BCUT2D eigenvalue weighted by atomic mass is 32.1. The van der Waals surface area contributed by atoms with E-state index in [9.17, 15) is 9.59 Å². The Morgan fingerprint density at radius 1 is 1.40 bits per heavy atom. The smallest absolute Gasteiger partial charge is 0.317 e. The molecule has 8 heteroatoms. The zero-order chi connectivity index (χ0) is 14.5. The third kappa shape index (κ3) is 4.17. The Labute approximate surface area is 121 Å². The lowest BCUT2D eigenvalue weighted by Crippen LogP contribution is -2.52. The van der Waals surface area contributed by atoms with Gasteiger partial charge in [0.1, 0.15) is 0 Å². The van der Waals surface area contributed by atoms with Gasteiger partial charge in [0.15, 0.2) is 0 Å². The summed E-state index contributed by atoms with van der Waals surface area (Å²) < 4.78 is 0. The van der Waals surface area contributed by atoms with Crippen LogP contribution in [0.5, 0.6) is 0 Å². The topological polar surface area (TPSA) is 85.8 Å². The number of thiazole rings is 1. The average molecular weight is 298 g/mol. The zero-order valence-electron chi connectivity index (χ0n) is 11.3. The van der Waals surface area contributed by atoms with Crippen molar-refractivity contribution in [3.8, 4) is 0 Å². The van der Waals surface area contributed by atoms with Crippen molar-refractivity contribution in [2.24, 2.45) is 0 Å². The molecule has 1 aromatic rings. The molecule has 2 heterocycles. The number of hydrogen-bond donors (Lipinski definition) is 2. The van der Waals surface area contributed by atoms with Crippen LogP contribution in [-0.4, -0.2) is 64.6 Å². The van der Waals surface area contributed by atoms with Crippen molar-refractivity contribution >= 4 is 23.3 Å². The van der Waals surface area contributed by atoms with E-state index in [4.69, 9.17) is 5.11 Å². The van der Waals surface area contributed by atoms with Crippen molar-refractivity contribution in [1.82, 2.24) is 20.1 Å². The molecule has 0 aromatic carbocycles. The molecule has 1 aliphatic heterocycles. The summed E-state index contributed by atoms with van der Waals surface area (Å²) in [5, 5.41) is 14.5. The van der Waals surface area contributed by atoms with Crippen molar-refractivity contribution in [2.75, 3.05) is 32.7 Å². The second-order valence-electron chi connectivity index (χ2n) is 4.67. The van der Waals surface area contributed by atoms with Gasteiger partial charge in [-0.25, -0.2) is 9.78 Å². The van der Waals surface area contributed by atoms with Gasteiger partial charge in [-0.05, 0) is 6.92 Å². The Bertz CT molecular complexity index is 483. The summed E-state index contributed by atoms with van der Waals surface area (Å²) in [7, 11) is 0. The maximum Gasteiger partial charge on any atom is 0.317 e. The first-order valence-corrected chi connectivity index (χ1v) is 7.30. The highest BCUT2D eigenvalue weighted by molar-refractivity contribution is 7.09. The highest BCUT2D eigenvalue weighted by Crippen LogP contribution is 2.08. The van der Waals surface area contributed by atoms with Gasteiger partial charge in [0.25, 0.3) is 0 Å². The molecule has 0 saturated carbocycles. The molecule has 1 saturated heterocycles. The van der Waals surface area contributed by atoms with Crippen molar-refractivity contribution in [1.29, 1.82) is 0 Å². The SMILES string of the molecule is Cc1nc(CNC(=O)N2CCN(CC(=O)O)CC2)cs1. The maximum atomic E-state index is 12.0. The second kappa shape index (κ2) is 6.67. The van der Waals surface area contributed by atoms with Gasteiger partial charge in [-0.1, -0.05) is 0 Å². The number of hydrogen-bond acceptors (Lipinski definition) is 5. The van der Waals surface area contributed by atoms with Gasteiger partial charge in [0.05, 0.1) is 23.8 Å². The van der Waals surface area contributed by atoms with Gasteiger partial charge >= 0.3 is 12.0 Å². The van der Waals surface area contributed by atoms with Crippen molar-refractivity contribution in [3.63, 3.8) is 0 Å². The van der Waals surface area contributed by atoms with Crippen molar-refractivity contribution in [3.05, 3.63) is 16.1 Å². The minimum Gasteiger partial charge on any atom is -0.480 e. The molecule has 1 fully saturated rings. The fourth-order valence-electron chi connectivity index (χ4n) is 2.07. The quantitative estimate of drug-likeness (QED) is 0.838. The van der Waals surface area contributed by atoms with Gasteiger partial charge in [-0.15, -0.1) is 11.3 Å². The van der Waals surface area contributed by atoms with Gasteiger partial charge in [-0.3, -0.25) is 9.69 Å². The molecular formula is C12H18N4O3S. The first-order chi connectivity index (χ1) is 9.54. The van der Waals surface area contributed by atoms with E-state index in [0.29, 0.717) is 32.7 Å². The molecular weight excluding hydrogens is 280 g/mol. The molecule has 110 valence electrons. The lowest BCUT2D eigenvalue weighted by molar-refractivity contribution is -0.138. The third-order valence-corrected chi connectivity index (χ3v) is 3.93. The van der Waals surface area contributed by atoms with Gasteiger partial charge < -0.3 is 15.3 Å². The number of carboxylic acids is 1. The molecule has 0 aliphatic carbocycles. The van der Waals surface area contributed by atoms with E-state index in [0.717, 1.165) is 10.7 Å². The first kappa shape index (κ1) is 14.7. The molecule has 2 N–H and O–H groups in total. The van der Waals surface area contributed by atoms with Gasteiger partial charge in [0.2, 0.25) is 0 Å². The number of nitrogens with one attached hydrogen (secondary N) is 1. The highest BCUT2D eigenvalue weighted by Gasteiger charge is 2.22. The largest absolute Gasteiger partial charge is 0.480 e. The van der Waals surface area contributed by atoms with Crippen LogP contribution < -0.4 is 5.32 Å². The number of carbonyl (C=O) groups excluding carboxylic acids is 1. The van der Waals surface area contributed by atoms with Crippen LogP contribution in [-0.2, 0) is 11.3 Å². The summed E-state index contributed by atoms with van der Waals surface area (Å²) in [5.74, 6) is -0.832. The predicted molar refractivity (Wildman–Crippen MR) is 74.7 cm³/mol. The Morgan fingerprint density at radius 3 is 2.65 bits per heavy atom. The van der Waals surface area contributed by atoms with Crippen LogP contribution in [0.4, 0.5) is 4.79 Å². The summed E-state index contributed by atoms with van der Waals surface area (Å²) >= 11 is 1.56. The minimum atomic E-state index is -0.832. The molecule has 1 aliphatic rings. The molecule has 2 rings (SSSR count). The van der Waals surface area contributed by atoms with Crippen LogP contribution in [0.1, 0.15) is 10.7 Å². The lowest BCUT2D eigenvalue weighted by atomic mass is 10.3. The van der Waals surface area contributed by atoms with E-state index >= 15 is 0 Å². The molecule has 0 radical (unpaired) electrons. The lowest BCUT2D eigenvalue weighted by Gasteiger charge is -2.33. The third-order valence-electron chi connectivity index (χ3n) is 3.11. The van der Waals surface area contributed by atoms with Crippen molar-refractivity contribution < 1.29 is 14.7 Å². The van der Waals surface area contributed by atoms with Crippen LogP contribution >= 0.6 is 11.3 Å². The standard InChI is InChI=1S/C12H18N4O3S/c1-9-14-10(8-20-9)6-13-12(19)16-4-2-15(3-5-16)7-11(17)18/h8H,2-7H2,1H3,(H,13,19)(H,17,18). The van der Waals surface area contributed by atoms with E-state index in [1.165, 1.54) is 0 Å². The fraction of sp³-hybridized carbons (Fsp3) is 0.583. The number of amides is 2. The number of carboxylic acid groups (broad SMARTS) is 1. The van der Waals surface area contributed by atoms with Crippen LogP contribution in [0.2, 0.25) is 0 Å². The minimum absolute atomic E-state index is 0.0353. The number of aryl methyl sites for hydroxylation is 1. The zero-order valence-corrected chi connectivity index (χ0v) is 12.2. The number of rotatable bonds is 4. The molecule has 0 bridgehead atoms. The van der Waals surface area contributed by atoms with E-state index in [-0.39, 0.29) is 12.6 Å². The molecule has 0 unspecified atom stereocenters. The van der Waals surface area contributed by atoms with E-state index in [1.54, 1.807) is 16.2 Å². The Morgan fingerprint density at radius 2 is 2.10 bits per heavy atom. The number of carbonyl (C=O) groups is 2. The number of aromatic nitrogens is 1. The summed E-state index contributed by atoms with van der Waals surface area (Å²) in [6.45, 7) is 4.68. The van der Waals surface area contributed by atoms with Crippen molar-refractivity contribution in [2.45, 2.75) is 13.5 Å². The summed E-state index contributed by atoms with van der Waals surface area (Å²) in [6, 6.07) is -0.120. The van der Waals surface area contributed by atoms with Crippen LogP contribution in [0.25, 0.3) is 0 Å². The molecule has 0 atom stereocenters. The van der Waals surface area contributed by atoms with Gasteiger partial charge in [0, 0.05) is 31.6 Å². The average Bonchev–Trinajstić information content (AvgIpc) is 2.82.